The van der Waals surface area contributed by atoms with Crippen molar-refractivity contribution in [1.29, 1.82) is 0 Å². The lowest BCUT2D eigenvalue weighted by Gasteiger charge is -2.12. The smallest absolute Gasteiger partial charge is 0.387 e. The van der Waals surface area contributed by atoms with Crippen LogP contribution in [0.3, 0.4) is 0 Å². The van der Waals surface area contributed by atoms with E-state index in [1.165, 1.54) is 18.2 Å². The van der Waals surface area contributed by atoms with E-state index in [0.29, 0.717) is 0 Å². The van der Waals surface area contributed by atoms with Gasteiger partial charge in [-0.15, -0.1) is 12.4 Å². The van der Waals surface area contributed by atoms with E-state index in [4.69, 9.17) is 23.1 Å². The second kappa shape index (κ2) is 8.60. The molecule has 0 aliphatic carbocycles. The molecule has 0 aliphatic rings. The van der Waals surface area contributed by atoms with Crippen molar-refractivity contribution in [2.24, 2.45) is 11.5 Å². The molecule has 1 rings (SSSR count). The zero-order valence-corrected chi connectivity index (χ0v) is 12.1. The summed E-state index contributed by atoms with van der Waals surface area (Å²) >= 11 is 5.71. The van der Waals surface area contributed by atoms with Crippen LogP contribution >= 0.6 is 24.0 Å². The Balaban J connectivity index is 0.00000400. The number of primary amides is 1. The molecule has 1 atom stereocenters. The highest BCUT2D eigenvalue weighted by molar-refractivity contribution is 6.32. The third kappa shape index (κ3) is 6.56. The first-order valence-electron chi connectivity index (χ1n) is 5.38. The van der Waals surface area contributed by atoms with Crippen molar-refractivity contribution in [2.75, 3.05) is 5.32 Å². The number of nitrogens with two attached hydrogens (primary N) is 2. The van der Waals surface area contributed by atoms with Gasteiger partial charge in [-0.2, -0.15) is 8.78 Å². The normalized spacial score (nSPS) is 11.5. The van der Waals surface area contributed by atoms with Gasteiger partial charge in [-0.1, -0.05) is 11.6 Å². The van der Waals surface area contributed by atoms with E-state index in [2.05, 4.69) is 10.1 Å². The molecule has 1 aromatic rings. The van der Waals surface area contributed by atoms with Crippen molar-refractivity contribution in [3.8, 4) is 5.75 Å². The number of alkyl halides is 2. The summed E-state index contributed by atoms with van der Waals surface area (Å²) in [6.45, 7) is -3.00. The molecular weight excluding hydrogens is 331 g/mol. The van der Waals surface area contributed by atoms with Gasteiger partial charge in [0, 0.05) is 5.69 Å². The molecule has 0 aromatic heterocycles. The second-order valence-corrected chi connectivity index (χ2v) is 4.20. The first-order valence-corrected chi connectivity index (χ1v) is 5.76. The van der Waals surface area contributed by atoms with E-state index >= 15 is 0 Å². The van der Waals surface area contributed by atoms with Gasteiger partial charge in [-0.05, 0) is 18.2 Å². The third-order valence-electron chi connectivity index (χ3n) is 2.17. The number of amides is 2. The van der Waals surface area contributed by atoms with E-state index in [9.17, 15) is 18.4 Å². The summed E-state index contributed by atoms with van der Waals surface area (Å²) in [4.78, 5) is 22.2. The van der Waals surface area contributed by atoms with Gasteiger partial charge in [0.1, 0.15) is 5.75 Å². The van der Waals surface area contributed by atoms with Crippen LogP contribution in [0.25, 0.3) is 0 Å². The van der Waals surface area contributed by atoms with Gasteiger partial charge in [0.05, 0.1) is 17.5 Å². The molecule has 0 aliphatic heterocycles. The number of benzene rings is 1. The zero-order chi connectivity index (χ0) is 15.3. The van der Waals surface area contributed by atoms with E-state index in [0.717, 1.165) is 0 Å². The van der Waals surface area contributed by atoms with Gasteiger partial charge < -0.3 is 21.5 Å². The minimum absolute atomic E-state index is 0. The van der Waals surface area contributed by atoms with Gasteiger partial charge >= 0.3 is 6.61 Å². The first kappa shape index (κ1) is 19.4. The minimum Gasteiger partial charge on any atom is -0.433 e. The number of hydrogen-bond acceptors (Lipinski definition) is 4. The predicted molar refractivity (Wildman–Crippen MR) is 75.7 cm³/mol. The summed E-state index contributed by atoms with van der Waals surface area (Å²) < 4.78 is 28.2. The molecule has 0 bridgehead atoms. The Morgan fingerprint density at radius 3 is 2.48 bits per heavy atom. The Morgan fingerprint density at radius 2 is 2.00 bits per heavy atom. The van der Waals surface area contributed by atoms with Gasteiger partial charge in [0.2, 0.25) is 11.8 Å². The van der Waals surface area contributed by atoms with E-state index in [1.807, 2.05) is 0 Å². The van der Waals surface area contributed by atoms with Crippen molar-refractivity contribution in [2.45, 2.75) is 19.1 Å². The van der Waals surface area contributed by atoms with E-state index < -0.39 is 24.5 Å². The number of anilines is 1. The average molecular weight is 344 g/mol. The van der Waals surface area contributed by atoms with E-state index in [-0.39, 0.29) is 35.3 Å². The van der Waals surface area contributed by atoms with Crippen LogP contribution in [-0.4, -0.2) is 24.5 Å². The largest absolute Gasteiger partial charge is 0.433 e. The number of hydrogen-bond donors (Lipinski definition) is 3. The maximum atomic E-state index is 12.0. The maximum absolute atomic E-state index is 12.0. The maximum Gasteiger partial charge on any atom is 0.387 e. The van der Waals surface area contributed by atoms with Gasteiger partial charge in [0.25, 0.3) is 0 Å². The highest BCUT2D eigenvalue weighted by Gasteiger charge is 2.17. The van der Waals surface area contributed by atoms with Crippen LogP contribution in [-0.2, 0) is 9.59 Å². The predicted octanol–water partition coefficient (Wildman–Crippen LogP) is 1.50. The fourth-order valence-electron chi connectivity index (χ4n) is 1.31. The van der Waals surface area contributed by atoms with Crippen LogP contribution in [0.1, 0.15) is 6.42 Å². The lowest BCUT2D eigenvalue weighted by molar-refractivity contribution is -0.123. The fourth-order valence-corrected chi connectivity index (χ4v) is 1.54. The number of nitrogens with one attached hydrogen (secondary N) is 1. The summed E-state index contributed by atoms with van der Waals surface area (Å²) in [7, 11) is 0. The molecule has 1 aromatic carbocycles. The number of carbonyl (C=O) groups excluding carboxylic acids is 2. The Morgan fingerprint density at radius 1 is 1.38 bits per heavy atom. The van der Waals surface area contributed by atoms with Crippen LogP contribution in [0.4, 0.5) is 14.5 Å². The van der Waals surface area contributed by atoms with Gasteiger partial charge in [0.15, 0.2) is 0 Å². The quantitative estimate of drug-likeness (QED) is 0.727. The van der Waals surface area contributed by atoms with Crippen molar-refractivity contribution in [1.82, 2.24) is 0 Å². The number of halogens is 4. The summed E-state index contributed by atoms with van der Waals surface area (Å²) in [5, 5.41) is 2.26. The Labute approximate surface area is 130 Å². The average Bonchev–Trinajstić information content (AvgIpc) is 2.31. The Hall–Kier alpha value is -1.64. The Bertz CT molecular complexity index is 517. The first-order chi connectivity index (χ1) is 9.29. The molecule has 0 saturated heterocycles. The number of rotatable bonds is 6. The molecule has 1 unspecified atom stereocenters. The van der Waals surface area contributed by atoms with Crippen molar-refractivity contribution in [3.05, 3.63) is 23.2 Å². The van der Waals surface area contributed by atoms with Gasteiger partial charge in [-0.25, -0.2) is 0 Å². The highest BCUT2D eigenvalue weighted by atomic mass is 35.5. The van der Waals surface area contributed by atoms with Crippen LogP contribution in [0.2, 0.25) is 5.02 Å². The third-order valence-corrected chi connectivity index (χ3v) is 2.47. The Kier molecular flexibility index (Phi) is 7.93. The van der Waals surface area contributed by atoms with Crippen LogP contribution in [0, 0.1) is 0 Å². The topological polar surface area (TPSA) is 107 Å². The summed E-state index contributed by atoms with van der Waals surface area (Å²) in [5.41, 5.74) is 10.6. The molecule has 5 N–H and O–H groups in total. The second-order valence-electron chi connectivity index (χ2n) is 3.79. The molecule has 0 radical (unpaired) electrons. The summed E-state index contributed by atoms with van der Waals surface area (Å²) in [5.74, 6) is -1.59. The van der Waals surface area contributed by atoms with Gasteiger partial charge in [-0.3, -0.25) is 9.59 Å². The standard InChI is InChI=1S/C11H12ClF2N3O3.ClH/c12-6-3-5(1-2-8(6)20-11(13)14)17-10(19)7(15)4-9(16)18;/h1-3,7,11H,4,15H2,(H2,16,18)(H,17,19);1H. The minimum atomic E-state index is -3.00. The zero-order valence-electron chi connectivity index (χ0n) is 10.5. The number of carbonyl (C=O) groups is 2. The van der Waals surface area contributed by atoms with Crippen LogP contribution in [0.5, 0.6) is 5.75 Å². The van der Waals surface area contributed by atoms with E-state index in [1.54, 1.807) is 0 Å². The fraction of sp³-hybridized carbons (Fsp3) is 0.273. The summed E-state index contributed by atoms with van der Waals surface area (Å²) in [6, 6.07) is 2.58. The lowest BCUT2D eigenvalue weighted by atomic mass is 10.2. The van der Waals surface area contributed by atoms with Crippen molar-refractivity contribution in [3.63, 3.8) is 0 Å². The van der Waals surface area contributed by atoms with Crippen molar-refractivity contribution < 1.29 is 23.1 Å². The molecule has 21 heavy (non-hydrogen) atoms. The molecule has 10 heteroatoms. The molecule has 0 fully saturated rings. The lowest BCUT2D eigenvalue weighted by Crippen LogP contribution is -2.38. The molecule has 0 saturated carbocycles. The van der Waals surface area contributed by atoms with Crippen molar-refractivity contribution >= 4 is 41.5 Å². The molecule has 0 heterocycles. The SMILES string of the molecule is Cl.NC(=O)CC(N)C(=O)Nc1ccc(OC(F)F)c(Cl)c1. The van der Waals surface area contributed by atoms with Crippen LogP contribution < -0.4 is 21.5 Å². The monoisotopic (exact) mass is 343 g/mol. The molecule has 2 amide bonds. The van der Waals surface area contributed by atoms with Crippen LogP contribution in [0.15, 0.2) is 18.2 Å². The molecule has 6 nitrogen and oxygen atoms in total. The summed E-state index contributed by atoms with van der Waals surface area (Å²) in [6.07, 6.45) is -0.313. The molecular formula is C11H13Cl2F2N3O3. The molecule has 0 spiro atoms. The number of ether oxygens (including phenoxy) is 1. The highest BCUT2D eigenvalue weighted by Crippen LogP contribution is 2.28. The molecule has 118 valence electrons.